The van der Waals surface area contributed by atoms with Gasteiger partial charge in [-0.3, -0.25) is 4.79 Å². The summed E-state index contributed by atoms with van der Waals surface area (Å²) in [5.41, 5.74) is 2.86. The summed E-state index contributed by atoms with van der Waals surface area (Å²) in [5.74, 6) is -0.785. The molecule has 29 heavy (non-hydrogen) atoms. The maximum Gasteiger partial charge on any atom is 0.341 e. The van der Waals surface area contributed by atoms with Gasteiger partial charge in [0.25, 0.3) is 0 Å². The Balaban J connectivity index is 1.94. The van der Waals surface area contributed by atoms with Gasteiger partial charge in [0.1, 0.15) is 10.6 Å². The lowest BCUT2D eigenvalue weighted by Crippen LogP contribution is -2.12. The van der Waals surface area contributed by atoms with Crippen molar-refractivity contribution in [2.45, 2.75) is 13.8 Å². The average molecular weight is 426 g/mol. The van der Waals surface area contributed by atoms with E-state index in [1.807, 2.05) is 49.4 Å². The van der Waals surface area contributed by atoms with Crippen molar-refractivity contribution in [3.05, 3.63) is 81.7 Å². The van der Waals surface area contributed by atoms with E-state index in [4.69, 9.17) is 16.3 Å². The fourth-order valence-corrected chi connectivity index (χ4v) is 4.08. The lowest BCUT2D eigenvalue weighted by molar-refractivity contribution is -0.111. The third kappa shape index (κ3) is 5.13. The molecule has 4 nitrogen and oxygen atoms in total. The van der Waals surface area contributed by atoms with Gasteiger partial charge in [-0.25, -0.2) is 4.79 Å². The number of aryl methyl sites for hydroxylation is 1. The molecule has 0 aliphatic rings. The molecule has 0 saturated carbocycles. The molecule has 1 amide bonds. The number of nitrogens with one attached hydrogen (secondary N) is 1. The van der Waals surface area contributed by atoms with Gasteiger partial charge >= 0.3 is 5.97 Å². The normalized spacial score (nSPS) is 10.9. The number of thiophene rings is 1. The zero-order valence-corrected chi connectivity index (χ0v) is 17.6. The molecule has 0 bridgehead atoms. The van der Waals surface area contributed by atoms with E-state index < -0.39 is 5.97 Å². The fourth-order valence-electron chi connectivity index (χ4n) is 2.88. The van der Waals surface area contributed by atoms with E-state index in [-0.39, 0.29) is 12.5 Å². The van der Waals surface area contributed by atoms with Crippen molar-refractivity contribution < 1.29 is 14.3 Å². The Morgan fingerprint density at radius 3 is 2.45 bits per heavy atom. The van der Waals surface area contributed by atoms with E-state index >= 15 is 0 Å². The van der Waals surface area contributed by atoms with Crippen LogP contribution in [0, 0.1) is 6.92 Å². The molecule has 0 fully saturated rings. The number of hydrogen-bond acceptors (Lipinski definition) is 4. The maximum atomic E-state index is 12.7. The first-order valence-electron chi connectivity index (χ1n) is 9.10. The lowest BCUT2D eigenvalue weighted by Gasteiger charge is -2.08. The van der Waals surface area contributed by atoms with Gasteiger partial charge in [-0.15, -0.1) is 11.3 Å². The number of halogens is 1. The number of hydrogen-bond donors (Lipinski definition) is 1. The summed E-state index contributed by atoms with van der Waals surface area (Å²) in [6.45, 7) is 3.90. The maximum absolute atomic E-state index is 12.7. The fraction of sp³-hybridized carbons (Fsp3) is 0.130. The summed E-state index contributed by atoms with van der Waals surface area (Å²) in [5, 5.41) is 3.90. The molecule has 3 rings (SSSR count). The molecule has 1 heterocycles. The zero-order valence-electron chi connectivity index (χ0n) is 16.1. The zero-order chi connectivity index (χ0) is 20.8. The Morgan fingerprint density at radius 1 is 1.10 bits per heavy atom. The van der Waals surface area contributed by atoms with E-state index in [1.165, 1.54) is 17.4 Å². The highest BCUT2D eigenvalue weighted by atomic mass is 35.5. The molecule has 6 heteroatoms. The topological polar surface area (TPSA) is 55.4 Å². The number of esters is 1. The van der Waals surface area contributed by atoms with Crippen LogP contribution in [0.5, 0.6) is 0 Å². The van der Waals surface area contributed by atoms with Crippen molar-refractivity contribution in [3.8, 4) is 11.1 Å². The van der Waals surface area contributed by atoms with Crippen molar-refractivity contribution >= 4 is 45.9 Å². The van der Waals surface area contributed by atoms with Crippen LogP contribution in [0.1, 0.15) is 27.7 Å². The number of anilines is 1. The molecule has 1 N–H and O–H groups in total. The number of ether oxygens (including phenoxy) is 1. The van der Waals surface area contributed by atoms with Crippen LogP contribution in [0.3, 0.4) is 0 Å². The molecule has 2 aromatic carbocycles. The Bertz CT molecular complexity index is 1040. The number of rotatable bonds is 6. The highest BCUT2D eigenvalue weighted by molar-refractivity contribution is 7.17. The van der Waals surface area contributed by atoms with Crippen LogP contribution in [0.4, 0.5) is 5.00 Å². The summed E-state index contributed by atoms with van der Waals surface area (Å²) in [4.78, 5) is 26.0. The first kappa shape index (κ1) is 20.8. The largest absolute Gasteiger partial charge is 0.462 e. The quantitative estimate of drug-likeness (QED) is 0.377. The van der Waals surface area contributed by atoms with Gasteiger partial charge in [-0.1, -0.05) is 54.1 Å². The van der Waals surface area contributed by atoms with Gasteiger partial charge in [0.05, 0.1) is 6.61 Å². The first-order chi connectivity index (χ1) is 14.0. The van der Waals surface area contributed by atoms with Crippen LogP contribution in [0.2, 0.25) is 5.02 Å². The molecule has 0 saturated heterocycles. The van der Waals surface area contributed by atoms with Crippen molar-refractivity contribution in [2.24, 2.45) is 0 Å². The molecule has 0 aliphatic carbocycles. The van der Waals surface area contributed by atoms with Crippen LogP contribution in [0.25, 0.3) is 17.2 Å². The van der Waals surface area contributed by atoms with Crippen molar-refractivity contribution in [3.63, 3.8) is 0 Å². The second-order valence-corrected chi connectivity index (χ2v) is 7.86. The Labute approximate surface area is 178 Å². The van der Waals surface area contributed by atoms with Gasteiger partial charge in [-0.2, -0.15) is 0 Å². The number of amides is 1. The second kappa shape index (κ2) is 9.54. The monoisotopic (exact) mass is 425 g/mol. The van der Waals surface area contributed by atoms with Crippen LogP contribution in [0.15, 0.2) is 60.7 Å². The number of carbonyl (C=O) groups is 2. The van der Waals surface area contributed by atoms with Crippen LogP contribution in [-0.2, 0) is 9.53 Å². The summed E-state index contributed by atoms with van der Waals surface area (Å²) in [7, 11) is 0. The third-order valence-electron chi connectivity index (χ3n) is 4.16. The van der Waals surface area contributed by atoms with Crippen molar-refractivity contribution in [2.75, 3.05) is 11.9 Å². The minimum Gasteiger partial charge on any atom is -0.462 e. The molecular weight excluding hydrogens is 406 g/mol. The van der Waals surface area contributed by atoms with Crippen LogP contribution in [-0.4, -0.2) is 18.5 Å². The standard InChI is InChI=1S/C23H20ClNO3S/c1-3-28-23(27)21-20(17-10-12-18(24)13-11-17)15(2)29-22(21)25-19(26)14-9-16-7-5-4-6-8-16/h4-14H,3H2,1-2H3,(H,25,26). The van der Waals surface area contributed by atoms with E-state index in [2.05, 4.69) is 5.32 Å². The molecule has 0 radical (unpaired) electrons. The van der Waals surface area contributed by atoms with Gasteiger partial charge in [0.2, 0.25) is 5.91 Å². The predicted molar refractivity (Wildman–Crippen MR) is 120 cm³/mol. The molecule has 0 unspecified atom stereocenters. The van der Waals surface area contributed by atoms with Crippen molar-refractivity contribution in [1.82, 2.24) is 0 Å². The second-order valence-electron chi connectivity index (χ2n) is 6.20. The first-order valence-corrected chi connectivity index (χ1v) is 10.3. The average Bonchev–Trinajstić information content (AvgIpc) is 3.03. The molecule has 0 atom stereocenters. The van der Waals surface area contributed by atoms with Gasteiger partial charge < -0.3 is 10.1 Å². The van der Waals surface area contributed by atoms with Gasteiger partial charge in [-0.05, 0) is 43.2 Å². The number of benzene rings is 2. The Morgan fingerprint density at radius 2 is 1.79 bits per heavy atom. The molecule has 1 aromatic heterocycles. The van der Waals surface area contributed by atoms with E-state index in [1.54, 1.807) is 25.1 Å². The van der Waals surface area contributed by atoms with Gasteiger partial charge in [0.15, 0.2) is 0 Å². The van der Waals surface area contributed by atoms with E-state index in [0.717, 1.165) is 21.6 Å². The SMILES string of the molecule is CCOC(=O)c1c(NC(=O)C=Cc2ccccc2)sc(C)c1-c1ccc(Cl)cc1. The summed E-state index contributed by atoms with van der Waals surface area (Å²) >= 11 is 7.34. The van der Waals surface area contributed by atoms with E-state index in [9.17, 15) is 9.59 Å². The summed E-state index contributed by atoms with van der Waals surface area (Å²) in [6, 6.07) is 16.8. The predicted octanol–water partition coefficient (Wildman–Crippen LogP) is 6.21. The molecule has 0 spiro atoms. The molecule has 3 aromatic rings. The molecule has 148 valence electrons. The minimum atomic E-state index is -0.468. The highest BCUT2D eigenvalue weighted by Gasteiger charge is 2.25. The lowest BCUT2D eigenvalue weighted by atomic mass is 10.0. The third-order valence-corrected chi connectivity index (χ3v) is 5.43. The van der Waals surface area contributed by atoms with Crippen LogP contribution < -0.4 is 5.32 Å². The Hall–Kier alpha value is -2.89. The summed E-state index contributed by atoms with van der Waals surface area (Å²) in [6.07, 6.45) is 3.17. The van der Waals surface area contributed by atoms with Crippen molar-refractivity contribution in [1.29, 1.82) is 0 Å². The van der Waals surface area contributed by atoms with E-state index in [0.29, 0.717) is 15.6 Å². The molecule has 0 aliphatic heterocycles. The van der Waals surface area contributed by atoms with Gasteiger partial charge in [0, 0.05) is 21.5 Å². The minimum absolute atomic E-state index is 0.245. The summed E-state index contributed by atoms with van der Waals surface area (Å²) < 4.78 is 5.25. The molecular formula is C23H20ClNO3S. The van der Waals surface area contributed by atoms with Crippen LogP contribution >= 0.6 is 22.9 Å². The Kier molecular flexibility index (Phi) is 6.86. The highest BCUT2D eigenvalue weighted by Crippen LogP contribution is 2.40. The number of carbonyl (C=O) groups excluding carboxylic acids is 2. The smallest absolute Gasteiger partial charge is 0.341 e.